The smallest absolute Gasteiger partial charge is 0.355 e. The van der Waals surface area contributed by atoms with Crippen molar-refractivity contribution in [1.82, 2.24) is 5.16 Å². The van der Waals surface area contributed by atoms with Crippen molar-refractivity contribution in [3.8, 4) is 11.3 Å². The van der Waals surface area contributed by atoms with Crippen LogP contribution in [0.4, 0.5) is 0 Å². The molecule has 25 heavy (non-hydrogen) atoms. The van der Waals surface area contributed by atoms with E-state index >= 15 is 0 Å². The van der Waals surface area contributed by atoms with Crippen LogP contribution in [0.1, 0.15) is 43.2 Å². The lowest BCUT2D eigenvalue weighted by molar-refractivity contribution is -0.598. The third kappa shape index (κ3) is 3.81. The minimum Gasteiger partial charge on any atom is -0.355 e. The number of hydrogen-bond donors (Lipinski definition) is 0. The first-order valence-corrected chi connectivity index (χ1v) is 10.7. The van der Waals surface area contributed by atoms with Crippen LogP contribution in [0.2, 0.25) is 0 Å². The number of halogens is 1. The Labute approximate surface area is 160 Å². The second kappa shape index (κ2) is 6.94. The average molecular weight is 446 g/mol. The first-order chi connectivity index (χ1) is 11.8. The van der Waals surface area contributed by atoms with Gasteiger partial charge in [0, 0.05) is 11.0 Å². The van der Waals surface area contributed by atoms with E-state index < -0.39 is 0 Å². The molecule has 0 unspecified atom stereocenters. The van der Waals surface area contributed by atoms with Gasteiger partial charge in [0.15, 0.2) is 15.0 Å². The highest BCUT2D eigenvalue weighted by Gasteiger charge is 2.37. The minimum absolute atomic E-state index is 0.0540. The number of aromatic nitrogens is 1. The van der Waals surface area contributed by atoms with E-state index in [1.807, 2.05) is 0 Å². The molecular formula is C22H25INO+. The van der Waals surface area contributed by atoms with Crippen LogP contribution >= 0.6 is 0 Å². The van der Waals surface area contributed by atoms with Gasteiger partial charge in [0.1, 0.15) is 0 Å². The molecule has 0 saturated carbocycles. The second-order valence-electron chi connectivity index (χ2n) is 7.59. The molecule has 3 aromatic rings. The van der Waals surface area contributed by atoms with Crippen LogP contribution in [0.3, 0.4) is 0 Å². The summed E-state index contributed by atoms with van der Waals surface area (Å²) in [6.45, 7) is 13.1. The van der Waals surface area contributed by atoms with Gasteiger partial charge >= 0.3 is 21.2 Å². The Morgan fingerprint density at radius 1 is 0.920 bits per heavy atom. The van der Waals surface area contributed by atoms with Gasteiger partial charge in [0.2, 0.25) is 0 Å². The van der Waals surface area contributed by atoms with Crippen LogP contribution in [-0.2, 0) is 5.41 Å². The van der Waals surface area contributed by atoms with Crippen molar-refractivity contribution < 1.29 is 25.7 Å². The highest BCUT2D eigenvalue weighted by atomic mass is 127. The molecule has 0 spiro atoms. The summed E-state index contributed by atoms with van der Waals surface area (Å²) < 4.78 is 8.60. The number of hydrogen-bond acceptors (Lipinski definition) is 2. The molecule has 130 valence electrons. The van der Waals surface area contributed by atoms with Crippen LogP contribution in [0.25, 0.3) is 11.3 Å². The van der Waals surface area contributed by atoms with Crippen molar-refractivity contribution in [1.29, 1.82) is 0 Å². The molecule has 0 saturated heterocycles. The topological polar surface area (TPSA) is 26.0 Å². The monoisotopic (exact) mass is 446 g/mol. The second-order valence-corrected chi connectivity index (χ2v) is 10.5. The molecule has 0 fully saturated rings. The summed E-state index contributed by atoms with van der Waals surface area (Å²) in [6.07, 6.45) is 0. The summed E-state index contributed by atoms with van der Waals surface area (Å²) in [4.78, 5) is 0. The van der Waals surface area contributed by atoms with Crippen molar-refractivity contribution >= 4 is 0 Å². The molecule has 0 aliphatic heterocycles. The Bertz CT molecular complexity index is 865. The van der Waals surface area contributed by atoms with E-state index in [1.54, 1.807) is 0 Å². The summed E-state index contributed by atoms with van der Waals surface area (Å²) in [5.41, 5.74) is 6.04. The van der Waals surface area contributed by atoms with Crippen molar-refractivity contribution in [3.05, 3.63) is 72.1 Å². The SMILES string of the molecule is Cc1cc(C)c(-c2noc(C(C)(C)C)c2[I+]c2ccccc2)c(C)c1. The van der Waals surface area contributed by atoms with Crippen LogP contribution in [0.5, 0.6) is 0 Å². The fourth-order valence-corrected chi connectivity index (χ4v) is 6.30. The fraction of sp³-hybridized carbons (Fsp3) is 0.318. The van der Waals surface area contributed by atoms with E-state index in [1.165, 1.54) is 29.4 Å². The number of benzene rings is 2. The maximum atomic E-state index is 5.90. The highest BCUT2D eigenvalue weighted by molar-refractivity contribution is 5.68. The molecule has 0 amide bonds. The maximum Gasteiger partial charge on any atom is 0.364 e. The summed E-state index contributed by atoms with van der Waals surface area (Å²) in [6, 6.07) is 15.2. The summed E-state index contributed by atoms with van der Waals surface area (Å²) in [5.74, 6) is 1.03. The van der Waals surface area contributed by atoms with Gasteiger partial charge in [-0.1, -0.05) is 61.8 Å². The predicted molar refractivity (Wildman–Crippen MR) is 98.7 cm³/mol. The van der Waals surface area contributed by atoms with Gasteiger partial charge in [-0.3, -0.25) is 0 Å². The summed E-state index contributed by atoms with van der Waals surface area (Å²) in [5, 5.41) is 4.55. The highest BCUT2D eigenvalue weighted by Crippen LogP contribution is 2.32. The maximum absolute atomic E-state index is 5.90. The zero-order chi connectivity index (χ0) is 18.2. The molecule has 0 radical (unpaired) electrons. The van der Waals surface area contributed by atoms with Gasteiger partial charge in [0.25, 0.3) is 3.57 Å². The largest absolute Gasteiger partial charge is 0.364 e. The number of rotatable bonds is 3. The lowest BCUT2D eigenvalue weighted by atomic mass is 9.91. The molecule has 0 N–H and O–H groups in total. The minimum atomic E-state index is -0.359. The van der Waals surface area contributed by atoms with E-state index in [0.717, 1.165) is 11.5 Å². The predicted octanol–water partition coefficient (Wildman–Crippen LogP) is 2.69. The molecule has 3 heteroatoms. The number of aryl methyl sites for hydroxylation is 3. The van der Waals surface area contributed by atoms with Crippen LogP contribution in [0, 0.1) is 27.9 Å². The molecule has 2 nitrogen and oxygen atoms in total. The molecule has 1 heterocycles. The van der Waals surface area contributed by atoms with Gasteiger partial charge in [-0.2, -0.15) is 0 Å². The molecular weight excluding hydrogens is 421 g/mol. The molecule has 1 aromatic heterocycles. The fourth-order valence-electron chi connectivity index (χ4n) is 3.13. The Morgan fingerprint density at radius 2 is 1.52 bits per heavy atom. The van der Waals surface area contributed by atoms with E-state index in [-0.39, 0.29) is 26.6 Å². The first-order valence-electron chi connectivity index (χ1n) is 8.55. The van der Waals surface area contributed by atoms with Crippen molar-refractivity contribution in [2.75, 3.05) is 0 Å². The standard InChI is InChI=1S/C22H25INO/c1-14-12-15(2)18(16(3)13-14)20-19(21(25-24-20)22(4,5)6)23-17-10-8-7-9-11-17/h7-13H,1-6H3/q+1. The van der Waals surface area contributed by atoms with Gasteiger partial charge in [-0.05, 0) is 44.0 Å². The average Bonchev–Trinajstić information content (AvgIpc) is 2.91. The number of nitrogens with zero attached hydrogens (tertiary/aromatic N) is 1. The zero-order valence-corrected chi connectivity index (χ0v) is 17.9. The van der Waals surface area contributed by atoms with Crippen LogP contribution in [-0.4, -0.2) is 5.16 Å². The van der Waals surface area contributed by atoms with Crippen LogP contribution < -0.4 is 21.2 Å². The van der Waals surface area contributed by atoms with E-state index in [9.17, 15) is 0 Å². The molecule has 0 atom stereocenters. The van der Waals surface area contributed by atoms with E-state index in [2.05, 4.69) is 89.2 Å². The molecule has 0 aliphatic carbocycles. The van der Waals surface area contributed by atoms with E-state index in [4.69, 9.17) is 4.52 Å². The third-order valence-electron chi connectivity index (χ3n) is 4.17. The van der Waals surface area contributed by atoms with Crippen LogP contribution in [0.15, 0.2) is 47.0 Å². The molecule has 0 bridgehead atoms. The van der Waals surface area contributed by atoms with Gasteiger partial charge < -0.3 is 4.52 Å². The third-order valence-corrected chi connectivity index (χ3v) is 7.05. The lowest BCUT2D eigenvalue weighted by Crippen LogP contribution is -3.61. The van der Waals surface area contributed by atoms with Crippen molar-refractivity contribution in [3.63, 3.8) is 0 Å². The normalized spacial score (nSPS) is 11.8. The van der Waals surface area contributed by atoms with Gasteiger partial charge in [0.05, 0.1) is 0 Å². The quantitative estimate of drug-likeness (QED) is 0.579. The first kappa shape index (κ1) is 18.2. The molecule has 0 aliphatic rings. The zero-order valence-electron chi connectivity index (χ0n) is 15.8. The van der Waals surface area contributed by atoms with Crippen molar-refractivity contribution in [2.45, 2.75) is 47.0 Å². The van der Waals surface area contributed by atoms with Crippen molar-refractivity contribution in [2.24, 2.45) is 0 Å². The molecule has 2 aromatic carbocycles. The molecule has 3 rings (SSSR count). The summed E-state index contributed by atoms with van der Waals surface area (Å²) >= 11 is -0.359. The lowest BCUT2D eigenvalue weighted by Gasteiger charge is -2.12. The Hall–Kier alpha value is -1.62. The Kier molecular flexibility index (Phi) is 5.05. The summed E-state index contributed by atoms with van der Waals surface area (Å²) in [7, 11) is 0. The van der Waals surface area contributed by atoms with Gasteiger partial charge in [-0.25, -0.2) is 0 Å². The Balaban J connectivity index is 2.20. The van der Waals surface area contributed by atoms with E-state index in [0.29, 0.717) is 0 Å². The Morgan fingerprint density at radius 3 is 2.08 bits per heavy atom. The van der Waals surface area contributed by atoms with Gasteiger partial charge in [-0.15, -0.1) is 0 Å².